The van der Waals surface area contributed by atoms with Crippen LogP contribution in [0.4, 0.5) is 10.5 Å². The lowest BCUT2D eigenvalue weighted by Crippen LogP contribution is -2.41. The Hall–Kier alpha value is -3.33. The number of nitriles is 1. The molecule has 0 aromatic heterocycles. The number of rotatable bonds is 5. The Kier molecular flexibility index (Phi) is 5.92. The number of carbonyl (C=O) groups is 2. The Bertz CT molecular complexity index is 754. The summed E-state index contributed by atoms with van der Waals surface area (Å²) < 4.78 is 5.15. The molecule has 0 spiro atoms. The summed E-state index contributed by atoms with van der Waals surface area (Å²) in [6.45, 7) is 1.51. The van der Waals surface area contributed by atoms with Gasteiger partial charge in [0.2, 0.25) is 0 Å². The minimum Gasteiger partial charge on any atom is -0.459 e. The molecule has 0 aliphatic carbocycles. The van der Waals surface area contributed by atoms with Crippen molar-refractivity contribution in [3.05, 3.63) is 65.7 Å². The number of para-hydroxylation sites is 1. The average molecular weight is 323 g/mol. The minimum absolute atomic E-state index is 0.0190. The molecule has 2 rings (SSSR count). The number of hydrogen-bond donors (Lipinski definition) is 2. The van der Waals surface area contributed by atoms with Crippen LogP contribution in [0.5, 0.6) is 0 Å². The van der Waals surface area contributed by atoms with Gasteiger partial charge in [0, 0.05) is 11.3 Å². The van der Waals surface area contributed by atoms with E-state index in [0.29, 0.717) is 16.8 Å². The highest BCUT2D eigenvalue weighted by Crippen LogP contribution is 2.09. The molecule has 24 heavy (non-hydrogen) atoms. The number of esters is 1. The maximum Gasteiger partial charge on any atom is 0.328 e. The maximum absolute atomic E-state index is 12.0. The average Bonchev–Trinajstić information content (AvgIpc) is 2.60. The third-order valence-electron chi connectivity index (χ3n) is 3.24. The first-order valence-corrected chi connectivity index (χ1v) is 7.37. The van der Waals surface area contributed by atoms with E-state index in [1.807, 2.05) is 12.1 Å². The monoisotopic (exact) mass is 323 g/mol. The third kappa shape index (κ3) is 4.85. The van der Waals surface area contributed by atoms with Crippen molar-refractivity contribution >= 4 is 17.7 Å². The van der Waals surface area contributed by atoms with Crippen LogP contribution in [-0.2, 0) is 16.1 Å². The van der Waals surface area contributed by atoms with Gasteiger partial charge in [-0.05, 0) is 25.1 Å². The number of ether oxygens (including phenoxy) is 1. The fraction of sp³-hybridized carbons (Fsp3) is 0.167. The molecule has 0 saturated heterocycles. The topological polar surface area (TPSA) is 91.2 Å². The number of carbonyl (C=O) groups excluding carboxylic acids is 2. The summed E-state index contributed by atoms with van der Waals surface area (Å²) in [4.78, 5) is 23.8. The lowest BCUT2D eigenvalue weighted by atomic mass is 10.1. The van der Waals surface area contributed by atoms with E-state index in [9.17, 15) is 9.59 Å². The molecule has 2 aromatic carbocycles. The summed E-state index contributed by atoms with van der Waals surface area (Å²) in [6.07, 6.45) is 0. The number of benzene rings is 2. The van der Waals surface area contributed by atoms with E-state index in [-0.39, 0.29) is 6.61 Å². The molecule has 0 heterocycles. The molecule has 0 radical (unpaired) electrons. The Morgan fingerprint density at radius 3 is 2.50 bits per heavy atom. The molecular formula is C18H17N3O3. The van der Waals surface area contributed by atoms with Gasteiger partial charge in [-0.1, -0.05) is 36.4 Å². The summed E-state index contributed by atoms with van der Waals surface area (Å²) >= 11 is 0. The van der Waals surface area contributed by atoms with Gasteiger partial charge < -0.3 is 15.4 Å². The third-order valence-corrected chi connectivity index (χ3v) is 3.24. The molecule has 6 heteroatoms. The summed E-state index contributed by atoms with van der Waals surface area (Å²) in [7, 11) is 0. The van der Waals surface area contributed by atoms with Gasteiger partial charge in [-0.2, -0.15) is 5.26 Å². The summed E-state index contributed by atoms with van der Waals surface area (Å²) in [5.41, 5.74) is 1.69. The van der Waals surface area contributed by atoms with Crippen molar-refractivity contribution in [2.24, 2.45) is 0 Å². The lowest BCUT2D eigenvalue weighted by Gasteiger charge is -2.14. The second kappa shape index (κ2) is 8.34. The molecule has 0 fully saturated rings. The van der Waals surface area contributed by atoms with Crippen LogP contribution in [0.25, 0.3) is 0 Å². The Labute approximate surface area is 140 Å². The van der Waals surface area contributed by atoms with Crippen LogP contribution >= 0.6 is 0 Å². The van der Waals surface area contributed by atoms with Gasteiger partial charge >= 0.3 is 12.0 Å². The largest absolute Gasteiger partial charge is 0.459 e. The van der Waals surface area contributed by atoms with E-state index in [4.69, 9.17) is 10.00 Å². The van der Waals surface area contributed by atoms with Crippen LogP contribution in [0.15, 0.2) is 54.6 Å². The molecule has 2 amide bonds. The Balaban J connectivity index is 1.84. The van der Waals surface area contributed by atoms with Crippen LogP contribution in [0.1, 0.15) is 18.1 Å². The zero-order valence-electron chi connectivity index (χ0n) is 13.2. The second-order valence-corrected chi connectivity index (χ2v) is 5.06. The van der Waals surface area contributed by atoms with Gasteiger partial charge in [0.25, 0.3) is 0 Å². The van der Waals surface area contributed by atoms with Crippen LogP contribution in [0.3, 0.4) is 0 Å². The van der Waals surface area contributed by atoms with E-state index in [0.717, 1.165) is 0 Å². The van der Waals surface area contributed by atoms with Gasteiger partial charge in [0.05, 0.1) is 11.6 Å². The smallest absolute Gasteiger partial charge is 0.328 e. The van der Waals surface area contributed by atoms with E-state index < -0.39 is 18.0 Å². The normalized spacial score (nSPS) is 11.0. The predicted molar refractivity (Wildman–Crippen MR) is 89.0 cm³/mol. The van der Waals surface area contributed by atoms with Gasteiger partial charge in [-0.25, -0.2) is 9.59 Å². The molecule has 2 aromatic rings. The van der Waals surface area contributed by atoms with Gasteiger partial charge in [0.15, 0.2) is 0 Å². The summed E-state index contributed by atoms with van der Waals surface area (Å²) in [5, 5.41) is 14.1. The van der Waals surface area contributed by atoms with Crippen LogP contribution in [0.2, 0.25) is 0 Å². The number of hydrogen-bond acceptors (Lipinski definition) is 4. The van der Waals surface area contributed by atoms with Gasteiger partial charge in [0.1, 0.15) is 12.6 Å². The SMILES string of the molecule is C[C@H](NC(=O)Nc1ccccc1)C(=O)OCc1ccccc1C#N. The zero-order valence-corrected chi connectivity index (χ0v) is 13.2. The minimum atomic E-state index is -0.817. The molecule has 0 bridgehead atoms. The number of amides is 2. The van der Waals surface area contributed by atoms with E-state index in [1.54, 1.807) is 48.5 Å². The standard InChI is InChI=1S/C18H17N3O3/c1-13(20-18(23)21-16-9-3-2-4-10-16)17(22)24-12-15-8-6-5-7-14(15)11-19/h2-10,13H,12H2,1H3,(H2,20,21,23)/t13-/m0/s1. The quantitative estimate of drug-likeness (QED) is 0.828. The maximum atomic E-state index is 12.0. The van der Waals surface area contributed by atoms with Crippen molar-refractivity contribution in [1.29, 1.82) is 5.26 Å². The summed E-state index contributed by atoms with van der Waals surface area (Å²) in [5.74, 6) is -0.578. The Morgan fingerprint density at radius 2 is 1.79 bits per heavy atom. The van der Waals surface area contributed by atoms with Crippen molar-refractivity contribution in [2.75, 3.05) is 5.32 Å². The van der Waals surface area contributed by atoms with Crippen molar-refractivity contribution in [1.82, 2.24) is 5.32 Å². The number of urea groups is 1. The van der Waals surface area contributed by atoms with Crippen LogP contribution in [0, 0.1) is 11.3 Å². The molecule has 0 aliphatic rings. The van der Waals surface area contributed by atoms with Gasteiger partial charge in [-0.15, -0.1) is 0 Å². The van der Waals surface area contributed by atoms with Crippen molar-refractivity contribution in [3.8, 4) is 6.07 Å². The van der Waals surface area contributed by atoms with E-state index >= 15 is 0 Å². The fourth-order valence-corrected chi connectivity index (χ4v) is 1.97. The molecule has 0 aliphatic heterocycles. The van der Waals surface area contributed by atoms with Crippen molar-refractivity contribution < 1.29 is 14.3 Å². The van der Waals surface area contributed by atoms with E-state index in [1.165, 1.54) is 6.92 Å². The first-order valence-electron chi connectivity index (χ1n) is 7.37. The lowest BCUT2D eigenvalue weighted by molar-refractivity contribution is -0.146. The molecule has 0 saturated carbocycles. The first kappa shape index (κ1) is 17.0. The number of nitrogens with one attached hydrogen (secondary N) is 2. The Morgan fingerprint density at radius 1 is 1.12 bits per heavy atom. The van der Waals surface area contributed by atoms with Crippen LogP contribution in [-0.4, -0.2) is 18.0 Å². The molecule has 1 atom stereocenters. The number of nitrogens with zero attached hydrogens (tertiary/aromatic N) is 1. The molecule has 6 nitrogen and oxygen atoms in total. The molecule has 2 N–H and O–H groups in total. The first-order chi connectivity index (χ1) is 11.6. The fourth-order valence-electron chi connectivity index (χ4n) is 1.97. The number of anilines is 1. The highest BCUT2D eigenvalue weighted by Gasteiger charge is 2.17. The van der Waals surface area contributed by atoms with Crippen molar-refractivity contribution in [2.45, 2.75) is 19.6 Å². The van der Waals surface area contributed by atoms with Crippen LogP contribution < -0.4 is 10.6 Å². The van der Waals surface area contributed by atoms with E-state index in [2.05, 4.69) is 10.6 Å². The molecular weight excluding hydrogens is 306 g/mol. The molecule has 122 valence electrons. The van der Waals surface area contributed by atoms with Gasteiger partial charge in [-0.3, -0.25) is 0 Å². The highest BCUT2D eigenvalue weighted by atomic mass is 16.5. The highest BCUT2D eigenvalue weighted by molar-refractivity contribution is 5.92. The van der Waals surface area contributed by atoms with Crippen molar-refractivity contribution in [3.63, 3.8) is 0 Å². The second-order valence-electron chi connectivity index (χ2n) is 5.06. The molecule has 0 unspecified atom stereocenters. The zero-order chi connectivity index (χ0) is 17.4. The summed E-state index contributed by atoms with van der Waals surface area (Å²) in [6, 6.07) is 16.5. The predicted octanol–water partition coefficient (Wildman–Crippen LogP) is 2.81.